The molecule has 3 nitrogen and oxygen atoms in total. The molecule has 2 N–H and O–H groups in total. The summed E-state index contributed by atoms with van der Waals surface area (Å²) in [6.45, 7) is 3.26. The summed E-state index contributed by atoms with van der Waals surface area (Å²) >= 11 is 0. The highest BCUT2D eigenvalue weighted by atomic mass is 15.2. The number of nitrogens with two attached hydrogens (primary N) is 1. The smallest absolute Gasteiger partial charge is 0.131 e. The molecule has 0 saturated heterocycles. The van der Waals surface area contributed by atoms with Crippen LogP contribution < -0.4 is 10.6 Å². The summed E-state index contributed by atoms with van der Waals surface area (Å²) in [6, 6.07) is 4.40. The van der Waals surface area contributed by atoms with Crippen molar-refractivity contribution in [1.29, 1.82) is 0 Å². The molecule has 1 saturated carbocycles. The van der Waals surface area contributed by atoms with Crippen molar-refractivity contribution >= 4 is 5.82 Å². The first-order valence-electron chi connectivity index (χ1n) is 6.61. The summed E-state index contributed by atoms with van der Waals surface area (Å²) in [6.07, 6.45) is 6.57. The van der Waals surface area contributed by atoms with Crippen molar-refractivity contribution < 1.29 is 0 Å². The molecule has 0 aliphatic heterocycles. The van der Waals surface area contributed by atoms with Gasteiger partial charge >= 0.3 is 0 Å². The molecule has 0 spiro atoms. The summed E-state index contributed by atoms with van der Waals surface area (Å²) in [7, 11) is 2.14. The van der Waals surface area contributed by atoms with E-state index < -0.39 is 0 Å². The Hall–Kier alpha value is -1.09. The molecule has 1 aliphatic carbocycles. The van der Waals surface area contributed by atoms with E-state index in [4.69, 9.17) is 5.73 Å². The van der Waals surface area contributed by atoms with Gasteiger partial charge in [0.25, 0.3) is 0 Å². The summed E-state index contributed by atoms with van der Waals surface area (Å²) < 4.78 is 0. The Morgan fingerprint density at radius 1 is 1.53 bits per heavy atom. The molecule has 1 fully saturated rings. The van der Waals surface area contributed by atoms with Crippen molar-refractivity contribution in [2.24, 2.45) is 11.7 Å². The molecule has 1 aliphatic rings. The predicted molar refractivity (Wildman–Crippen MR) is 72.2 cm³/mol. The number of anilines is 1. The topological polar surface area (TPSA) is 42.1 Å². The number of rotatable bonds is 6. The standard InChI is InChI=1S/C14H23N3/c1-3-13(15)9-12-5-4-8-16-14(12)17(2)10-11-6-7-11/h4-5,8,11,13H,3,6-7,9-10,15H2,1-2H3. The highest BCUT2D eigenvalue weighted by molar-refractivity contribution is 5.46. The summed E-state index contributed by atoms with van der Waals surface area (Å²) in [5.41, 5.74) is 7.32. The van der Waals surface area contributed by atoms with E-state index in [1.54, 1.807) is 0 Å². The van der Waals surface area contributed by atoms with E-state index >= 15 is 0 Å². The molecule has 17 heavy (non-hydrogen) atoms. The second-order valence-corrected chi connectivity index (χ2v) is 5.18. The van der Waals surface area contributed by atoms with E-state index in [0.717, 1.165) is 31.1 Å². The molecule has 1 unspecified atom stereocenters. The zero-order valence-electron chi connectivity index (χ0n) is 10.9. The van der Waals surface area contributed by atoms with Gasteiger partial charge in [-0.1, -0.05) is 13.0 Å². The Bertz CT molecular complexity index is 360. The van der Waals surface area contributed by atoms with Crippen LogP contribution in [0.3, 0.4) is 0 Å². The van der Waals surface area contributed by atoms with Crippen molar-refractivity contribution in [2.45, 2.75) is 38.6 Å². The van der Waals surface area contributed by atoms with Gasteiger partial charge in [-0.2, -0.15) is 0 Å². The monoisotopic (exact) mass is 233 g/mol. The normalized spacial score (nSPS) is 16.9. The van der Waals surface area contributed by atoms with Gasteiger partial charge in [0.05, 0.1) is 0 Å². The van der Waals surface area contributed by atoms with Crippen LogP contribution in [0, 0.1) is 5.92 Å². The predicted octanol–water partition coefficient (Wildman–Crippen LogP) is 2.21. The van der Waals surface area contributed by atoms with Gasteiger partial charge in [-0.25, -0.2) is 4.98 Å². The minimum Gasteiger partial charge on any atom is -0.359 e. The molecule has 0 amide bonds. The summed E-state index contributed by atoms with van der Waals surface area (Å²) in [5, 5.41) is 0. The first kappa shape index (κ1) is 12.4. The van der Waals surface area contributed by atoms with E-state index in [1.807, 2.05) is 12.3 Å². The molecule has 1 heterocycles. The molecule has 0 radical (unpaired) electrons. The second kappa shape index (κ2) is 5.50. The molecule has 1 aromatic heterocycles. The van der Waals surface area contributed by atoms with Gasteiger partial charge < -0.3 is 10.6 Å². The fraction of sp³-hybridized carbons (Fsp3) is 0.643. The fourth-order valence-corrected chi connectivity index (χ4v) is 2.13. The lowest BCUT2D eigenvalue weighted by Gasteiger charge is -2.22. The molecule has 3 heteroatoms. The lowest BCUT2D eigenvalue weighted by atomic mass is 10.1. The number of pyridine rings is 1. The van der Waals surface area contributed by atoms with Crippen LogP contribution in [0.15, 0.2) is 18.3 Å². The lowest BCUT2D eigenvalue weighted by Crippen LogP contribution is -2.26. The first-order chi connectivity index (χ1) is 8.20. The molecule has 1 atom stereocenters. The maximum Gasteiger partial charge on any atom is 0.131 e. The Balaban J connectivity index is 2.08. The third-order valence-corrected chi connectivity index (χ3v) is 3.46. The highest BCUT2D eigenvalue weighted by Crippen LogP contribution is 2.31. The number of aromatic nitrogens is 1. The van der Waals surface area contributed by atoms with Crippen LogP contribution in [0.1, 0.15) is 31.7 Å². The molecule has 0 bridgehead atoms. The Kier molecular flexibility index (Phi) is 4.00. The van der Waals surface area contributed by atoms with Crippen LogP contribution in [-0.2, 0) is 6.42 Å². The van der Waals surface area contributed by atoms with E-state index in [0.29, 0.717) is 0 Å². The zero-order valence-corrected chi connectivity index (χ0v) is 10.9. The van der Waals surface area contributed by atoms with Crippen LogP contribution in [0.5, 0.6) is 0 Å². The van der Waals surface area contributed by atoms with Crippen molar-refractivity contribution in [3.63, 3.8) is 0 Å². The van der Waals surface area contributed by atoms with Gasteiger partial charge in [-0.05, 0) is 43.2 Å². The molecular formula is C14H23N3. The zero-order chi connectivity index (χ0) is 12.3. The van der Waals surface area contributed by atoms with Crippen LogP contribution in [-0.4, -0.2) is 24.6 Å². The van der Waals surface area contributed by atoms with E-state index in [1.165, 1.54) is 18.4 Å². The van der Waals surface area contributed by atoms with E-state index in [2.05, 4.69) is 29.9 Å². The van der Waals surface area contributed by atoms with Gasteiger partial charge in [0.2, 0.25) is 0 Å². The molecule has 1 aromatic rings. The Morgan fingerprint density at radius 2 is 2.29 bits per heavy atom. The third kappa shape index (κ3) is 3.43. The molecular weight excluding hydrogens is 210 g/mol. The SMILES string of the molecule is CCC(N)Cc1cccnc1N(C)CC1CC1. The van der Waals surface area contributed by atoms with Gasteiger partial charge in [0.1, 0.15) is 5.82 Å². The average Bonchev–Trinajstić information content (AvgIpc) is 3.13. The Morgan fingerprint density at radius 3 is 2.94 bits per heavy atom. The lowest BCUT2D eigenvalue weighted by molar-refractivity contribution is 0.642. The fourth-order valence-electron chi connectivity index (χ4n) is 2.13. The minimum atomic E-state index is 0.243. The average molecular weight is 233 g/mol. The second-order valence-electron chi connectivity index (χ2n) is 5.18. The van der Waals surface area contributed by atoms with Crippen molar-refractivity contribution in [3.8, 4) is 0 Å². The van der Waals surface area contributed by atoms with Gasteiger partial charge in [-0.15, -0.1) is 0 Å². The quantitative estimate of drug-likeness (QED) is 0.819. The minimum absolute atomic E-state index is 0.243. The van der Waals surface area contributed by atoms with Crippen LogP contribution in [0.2, 0.25) is 0 Å². The molecule has 0 aromatic carbocycles. The highest BCUT2D eigenvalue weighted by Gasteiger charge is 2.24. The van der Waals surface area contributed by atoms with Crippen LogP contribution >= 0.6 is 0 Å². The Labute approximate surface area is 104 Å². The van der Waals surface area contributed by atoms with E-state index in [-0.39, 0.29) is 6.04 Å². The molecule has 94 valence electrons. The van der Waals surface area contributed by atoms with Crippen LogP contribution in [0.4, 0.5) is 5.82 Å². The van der Waals surface area contributed by atoms with Crippen molar-refractivity contribution in [3.05, 3.63) is 23.9 Å². The number of hydrogen-bond donors (Lipinski definition) is 1. The van der Waals surface area contributed by atoms with Crippen molar-refractivity contribution in [1.82, 2.24) is 4.98 Å². The van der Waals surface area contributed by atoms with Gasteiger partial charge in [0.15, 0.2) is 0 Å². The third-order valence-electron chi connectivity index (χ3n) is 3.46. The summed E-state index contributed by atoms with van der Waals surface area (Å²) in [5.74, 6) is 2.00. The van der Waals surface area contributed by atoms with Crippen molar-refractivity contribution in [2.75, 3.05) is 18.5 Å². The largest absolute Gasteiger partial charge is 0.359 e. The number of hydrogen-bond acceptors (Lipinski definition) is 3. The maximum atomic E-state index is 6.04. The van der Waals surface area contributed by atoms with Gasteiger partial charge in [-0.3, -0.25) is 0 Å². The van der Waals surface area contributed by atoms with Crippen LogP contribution in [0.25, 0.3) is 0 Å². The molecule has 2 rings (SSSR count). The maximum absolute atomic E-state index is 6.04. The van der Waals surface area contributed by atoms with E-state index in [9.17, 15) is 0 Å². The summed E-state index contributed by atoms with van der Waals surface area (Å²) in [4.78, 5) is 6.80. The van der Waals surface area contributed by atoms with Gasteiger partial charge in [0, 0.05) is 25.8 Å². The first-order valence-corrected chi connectivity index (χ1v) is 6.61. The number of nitrogens with zero attached hydrogens (tertiary/aromatic N) is 2.